The molecule has 16 heavy (non-hydrogen) atoms. The topological polar surface area (TPSA) is 20.2 Å². The number of allylic oxidation sites excluding steroid dienone is 2. The normalized spacial score (nSPS) is 11.3. The summed E-state index contributed by atoms with van der Waals surface area (Å²) in [6.07, 6.45) is 1.06. The van der Waals surface area contributed by atoms with Crippen molar-refractivity contribution in [3.8, 4) is 5.75 Å². The van der Waals surface area contributed by atoms with Crippen molar-refractivity contribution in [1.82, 2.24) is 0 Å². The maximum absolute atomic E-state index is 9.29. The van der Waals surface area contributed by atoms with Crippen LogP contribution in [0.3, 0.4) is 0 Å². The van der Waals surface area contributed by atoms with Crippen LogP contribution in [-0.4, -0.2) is 5.11 Å². The van der Waals surface area contributed by atoms with E-state index in [4.69, 9.17) is 0 Å². The first-order valence-electron chi connectivity index (χ1n) is 5.75. The summed E-state index contributed by atoms with van der Waals surface area (Å²) in [5, 5.41) is 9.29. The monoisotopic (exact) mass is 218 g/mol. The molecule has 0 aromatic heterocycles. The van der Waals surface area contributed by atoms with Crippen LogP contribution in [0.4, 0.5) is 0 Å². The van der Waals surface area contributed by atoms with Gasteiger partial charge in [0.2, 0.25) is 0 Å². The molecule has 0 unspecified atom stereocenters. The Balaban J connectivity index is 3.06. The summed E-state index contributed by atoms with van der Waals surface area (Å²) >= 11 is 0. The van der Waals surface area contributed by atoms with E-state index in [1.807, 2.05) is 12.1 Å². The van der Waals surface area contributed by atoms with E-state index in [0.717, 1.165) is 6.42 Å². The average molecular weight is 218 g/mol. The van der Waals surface area contributed by atoms with Crippen LogP contribution in [0.15, 0.2) is 29.8 Å². The standard InChI is InChI=1S/C15H22O/c1-11(2)14(10-15(3,4)5)12-6-8-13(16)9-7-12/h6-9,16H,10H2,1-5H3. The minimum atomic E-state index is 0.282. The van der Waals surface area contributed by atoms with Crippen LogP contribution in [0.2, 0.25) is 0 Å². The summed E-state index contributed by atoms with van der Waals surface area (Å²) in [6.45, 7) is 11.0. The highest BCUT2D eigenvalue weighted by Gasteiger charge is 2.15. The number of phenolic OH excluding ortho intramolecular Hbond substituents is 1. The average Bonchev–Trinajstić information content (AvgIpc) is 2.14. The lowest BCUT2D eigenvalue weighted by atomic mass is 9.83. The minimum Gasteiger partial charge on any atom is -0.508 e. The fourth-order valence-corrected chi connectivity index (χ4v) is 1.76. The predicted molar refractivity (Wildman–Crippen MR) is 70.4 cm³/mol. The van der Waals surface area contributed by atoms with Crippen LogP contribution in [-0.2, 0) is 0 Å². The molecule has 0 aliphatic rings. The molecular weight excluding hydrogens is 196 g/mol. The fourth-order valence-electron chi connectivity index (χ4n) is 1.76. The summed E-state index contributed by atoms with van der Waals surface area (Å²) in [6, 6.07) is 7.48. The summed E-state index contributed by atoms with van der Waals surface area (Å²) < 4.78 is 0. The third-order valence-corrected chi connectivity index (χ3v) is 2.53. The molecule has 0 fully saturated rings. The molecule has 1 heteroatoms. The zero-order valence-electron chi connectivity index (χ0n) is 11.0. The Bertz CT molecular complexity index is 373. The molecule has 1 aromatic carbocycles. The van der Waals surface area contributed by atoms with Gasteiger partial charge in [0.25, 0.3) is 0 Å². The first-order valence-corrected chi connectivity index (χ1v) is 5.75. The van der Waals surface area contributed by atoms with Crippen molar-refractivity contribution >= 4 is 5.57 Å². The first kappa shape index (κ1) is 12.8. The molecule has 0 heterocycles. The molecular formula is C15H22O. The van der Waals surface area contributed by atoms with Crippen molar-refractivity contribution in [3.05, 3.63) is 35.4 Å². The minimum absolute atomic E-state index is 0.282. The highest BCUT2D eigenvalue weighted by Crippen LogP contribution is 2.33. The molecule has 0 spiro atoms. The number of rotatable bonds is 2. The smallest absolute Gasteiger partial charge is 0.115 e. The molecule has 1 aromatic rings. The van der Waals surface area contributed by atoms with Gasteiger partial charge in [-0.1, -0.05) is 38.5 Å². The van der Waals surface area contributed by atoms with Crippen LogP contribution < -0.4 is 0 Å². The Morgan fingerprint density at radius 3 is 1.94 bits per heavy atom. The van der Waals surface area contributed by atoms with Crippen LogP contribution in [0.1, 0.15) is 46.6 Å². The van der Waals surface area contributed by atoms with Gasteiger partial charge in [0.05, 0.1) is 0 Å². The lowest BCUT2D eigenvalue weighted by Crippen LogP contribution is -2.06. The lowest BCUT2D eigenvalue weighted by molar-refractivity contribution is 0.426. The Kier molecular flexibility index (Phi) is 3.79. The van der Waals surface area contributed by atoms with Gasteiger partial charge in [-0.15, -0.1) is 0 Å². The zero-order valence-corrected chi connectivity index (χ0v) is 11.0. The Hall–Kier alpha value is -1.24. The number of benzene rings is 1. The van der Waals surface area contributed by atoms with Crippen molar-refractivity contribution in [3.63, 3.8) is 0 Å². The molecule has 0 saturated carbocycles. The van der Waals surface area contributed by atoms with Gasteiger partial charge in [-0.2, -0.15) is 0 Å². The SMILES string of the molecule is CC(C)=C(CC(C)(C)C)c1ccc(O)cc1. The Morgan fingerprint density at radius 2 is 1.56 bits per heavy atom. The van der Waals surface area contributed by atoms with E-state index in [1.165, 1.54) is 16.7 Å². The number of phenols is 1. The van der Waals surface area contributed by atoms with Gasteiger partial charge in [-0.05, 0) is 49.0 Å². The van der Waals surface area contributed by atoms with Gasteiger partial charge in [-0.25, -0.2) is 0 Å². The molecule has 88 valence electrons. The summed E-state index contributed by atoms with van der Waals surface area (Å²) in [4.78, 5) is 0. The number of hydrogen-bond acceptors (Lipinski definition) is 1. The highest BCUT2D eigenvalue weighted by molar-refractivity contribution is 5.68. The first-order chi connectivity index (χ1) is 7.29. The van der Waals surface area contributed by atoms with Crippen molar-refractivity contribution in [2.45, 2.75) is 41.0 Å². The van der Waals surface area contributed by atoms with E-state index < -0.39 is 0 Å². The highest BCUT2D eigenvalue weighted by atomic mass is 16.3. The van der Waals surface area contributed by atoms with Gasteiger partial charge in [0.1, 0.15) is 5.75 Å². The Labute approximate surface area is 98.8 Å². The van der Waals surface area contributed by atoms with E-state index >= 15 is 0 Å². The molecule has 0 atom stereocenters. The number of hydrogen-bond donors (Lipinski definition) is 1. The van der Waals surface area contributed by atoms with Crippen molar-refractivity contribution in [2.24, 2.45) is 5.41 Å². The van der Waals surface area contributed by atoms with Crippen molar-refractivity contribution in [2.75, 3.05) is 0 Å². The van der Waals surface area contributed by atoms with Crippen LogP contribution in [0, 0.1) is 5.41 Å². The lowest BCUT2D eigenvalue weighted by Gasteiger charge is -2.22. The molecule has 0 aliphatic carbocycles. The van der Waals surface area contributed by atoms with E-state index in [1.54, 1.807) is 12.1 Å². The molecule has 0 amide bonds. The quantitative estimate of drug-likeness (QED) is 0.767. The molecule has 1 rings (SSSR count). The molecule has 1 N–H and O–H groups in total. The molecule has 0 aliphatic heterocycles. The van der Waals surface area contributed by atoms with Crippen LogP contribution in [0.25, 0.3) is 5.57 Å². The predicted octanol–water partition coefficient (Wildman–Crippen LogP) is 4.62. The van der Waals surface area contributed by atoms with Gasteiger partial charge in [0, 0.05) is 0 Å². The van der Waals surface area contributed by atoms with Gasteiger partial charge < -0.3 is 5.11 Å². The van der Waals surface area contributed by atoms with E-state index in [9.17, 15) is 5.11 Å². The second kappa shape index (κ2) is 4.73. The molecule has 1 nitrogen and oxygen atoms in total. The number of aromatic hydroxyl groups is 1. The van der Waals surface area contributed by atoms with Gasteiger partial charge in [0.15, 0.2) is 0 Å². The van der Waals surface area contributed by atoms with E-state index in [-0.39, 0.29) is 5.41 Å². The maximum Gasteiger partial charge on any atom is 0.115 e. The Morgan fingerprint density at radius 1 is 1.06 bits per heavy atom. The third-order valence-electron chi connectivity index (χ3n) is 2.53. The molecule has 0 saturated heterocycles. The second-order valence-electron chi connectivity index (χ2n) is 5.76. The summed E-state index contributed by atoms with van der Waals surface area (Å²) in [5.74, 6) is 0.326. The van der Waals surface area contributed by atoms with Crippen molar-refractivity contribution < 1.29 is 5.11 Å². The maximum atomic E-state index is 9.29. The van der Waals surface area contributed by atoms with Crippen LogP contribution in [0.5, 0.6) is 5.75 Å². The summed E-state index contributed by atoms with van der Waals surface area (Å²) in [7, 11) is 0. The van der Waals surface area contributed by atoms with Crippen LogP contribution >= 0.6 is 0 Å². The van der Waals surface area contributed by atoms with Gasteiger partial charge in [-0.3, -0.25) is 0 Å². The third kappa shape index (κ3) is 3.73. The molecule has 0 radical (unpaired) electrons. The zero-order chi connectivity index (χ0) is 12.3. The van der Waals surface area contributed by atoms with Gasteiger partial charge >= 0.3 is 0 Å². The van der Waals surface area contributed by atoms with Crippen molar-refractivity contribution in [1.29, 1.82) is 0 Å². The second-order valence-corrected chi connectivity index (χ2v) is 5.76. The van der Waals surface area contributed by atoms with E-state index in [0.29, 0.717) is 5.75 Å². The largest absolute Gasteiger partial charge is 0.508 e. The van der Waals surface area contributed by atoms with E-state index in [2.05, 4.69) is 34.6 Å². The fraction of sp³-hybridized carbons (Fsp3) is 0.467. The molecule has 0 bridgehead atoms. The summed E-state index contributed by atoms with van der Waals surface area (Å²) in [5.41, 5.74) is 4.23.